The fourth-order valence-electron chi connectivity index (χ4n) is 2.83. The molecule has 142 valence electrons. The van der Waals surface area contributed by atoms with Crippen molar-refractivity contribution in [3.63, 3.8) is 0 Å². The van der Waals surface area contributed by atoms with Gasteiger partial charge in [-0.05, 0) is 67.5 Å². The predicted octanol–water partition coefficient (Wildman–Crippen LogP) is 2.49. The highest BCUT2D eigenvalue weighted by molar-refractivity contribution is 5.51. The number of ether oxygens (including phenoxy) is 1. The van der Waals surface area contributed by atoms with Crippen LogP contribution in [0.15, 0.2) is 36.4 Å². The maximum Gasteiger partial charge on any atom is 0.200 e. The summed E-state index contributed by atoms with van der Waals surface area (Å²) in [7, 11) is 1.40. The SMILES string of the molecule is COc1cc(CC[C@@H](O)C[C@@H](O)CCc2ccc(O)cc2)cc(O)c1O. The lowest BCUT2D eigenvalue weighted by Crippen LogP contribution is -2.19. The Morgan fingerprint density at radius 3 is 2.00 bits per heavy atom. The first-order chi connectivity index (χ1) is 12.4. The minimum atomic E-state index is -0.674. The van der Waals surface area contributed by atoms with Crippen molar-refractivity contribution in [1.29, 1.82) is 0 Å². The summed E-state index contributed by atoms with van der Waals surface area (Å²) < 4.78 is 4.99. The molecule has 0 fully saturated rings. The molecular weight excluding hydrogens is 336 g/mol. The van der Waals surface area contributed by atoms with Crippen LogP contribution in [0.1, 0.15) is 30.4 Å². The molecular formula is C20H26O6. The molecule has 6 nitrogen and oxygen atoms in total. The van der Waals surface area contributed by atoms with Gasteiger partial charge in [0.2, 0.25) is 5.75 Å². The van der Waals surface area contributed by atoms with E-state index in [1.807, 2.05) is 12.1 Å². The van der Waals surface area contributed by atoms with E-state index < -0.39 is 12.2 Å². The second-order valence-electron chi connectivity index (χ2n) is 6.45. The Balaban J connectivity index is 1.78. The van der Waals surface area contributed by atoms with Crippen molar-refractivity contribution < 1.29 is 30.3 Å². The lowest BCUT2D eigenvalue weighted by molar-refractivity contribution is 0.0714. The number of benzene rings is 2. The highest BCUT2D eigenvalue weighted by atomic mass is 16.5. The molecule has 0 spiro atoms. The maximum absolute atomic E-state index is 10.1. The summed E-state index contributed by atoms with van der Waals surface area (Å²) in [5.74, 6) is -0.172. The zero-order valence-corrected chi connectivity index (χ0v) is 14.8. The van der Waals surface area contributed by atoms with Gasteiger partial charge in [0.05, 0.1) is 19.3 Å². The molecule has 0 unspecified atom stereocenters. The van der Waals surface area contributed by atoms with Gasteiger partial charge < -0.3 is 30.3 Å². The normalized spacial score (nSPS) is 13.3. The summed E-state index contributed by atoms with van der Waals surface area (Å²) in [6.45, 7) is 0. The van der Waals surface area contributed by atoms with Gasteiger partial charge in [0.1, 0.15) is 5.75 Å². The minimum Gasteiger partial charge on any atom is -0.508 e. The van der Waals surface area contributed by atoms with Gasteiger partial charge in [0.15, 0.2) is 11.5 Å². The van der Waals surface area contributed by atoms with Crippen LogP contribution in [0.4, 0.5) is 0 Å². The van der Waals surface area contributed by atoms with Crippen LogP contribution in [-0.4, -0.2) is 44.9 Å². The average Bonchev–Trinajstić information content (AvgIpc) is 2.62. The van der Waals surface area contributed by atoms with Crippen molar-refractivity contribution in [3.8, 4) is 23.0 Å². The second kappa shape index (κ2) is 9.31. The topological polar surface area (TPSA) is 110 Å². The molecule has 2 rings (SSSR count). The molecule has 2 atom stereocenters. The summed E-state index contributed by atoms with van der Waals surface area (Å²) >= 11 is 0. The first-order valence-electron chi connectivity index (χ1n) is 8.62. The highest BCUT2D eigenvalue weighted by Gasteiger charge is 2.14. The maximum atomic E-state index is 10.1. The van der Waals surface area contributed by atoms with Crippen LogP contribution in [0, 0.1) is 0 Å². The Labute approximate surface area is 152 Å². The lowest BCUT2D eigenvalue weighted by atomic mass is 9.99. The van der Waals surface area contributed by atoms with Crippen molar-refractivity contribution in [2.75, 3.05) is 7.11 Å². The molecule has 5 N–H and O–H groups in total. The van der Waals surface area contributed by atoms with Gasteiger partial charge in [0.25, 0.3) is 0 Å². The summed E-state index contributed by atoms with van der Waals surface area (Å²) in [4.78, 5) is 0. The molecule has 26 heavy (non-hydrogen) atoms. The Hall–Kier alpha value is -2.44. The van der Waals surface area contributed by atoms with E-state index in [2.05, 4.69) is 0 Å². The molecule has 0 aliphatic heterocycles. The number of hydrogen-bond acceptors (Lipinski definition) is 6. The third kappa shape index (κ3) is 5.82. The molecule has 0 radical (unpaired) electrons. The molecule has 0 heterocycles. The molecule has 2 aromatic rings. The van der Waals surface area contributed by atoms with Crippen LogP contribution in [0.5, 0.6) is 23.0 Å². The quantitative estimate of drug-likeness (QED) is 0.438. The smallest absolute Gasteiger partial charge is 0.200 e. The number of aliphatic hydroxyl groups is 2. The number of hydrogen-bond donors (Lipinski definition) is 5. The number of rotatable bonds is 9. The number of aliphatic hydroxyl groups excluding tert-OH is 2. The Bertz CT molecular complexity index is 698. The van der Waals surface area contributed by atoms with Gasteiger partial charge in [-0.2, -0.15) is 0 Å². The van der Waals surface area contributed by atoms with E-state index in [0.29, 0.717) is 25.7 Å². The molecule has 0 amide bonds. The van der Waals surface area contributed by atoms with Crippen molar-refractivity contribution in [3.05, 3.63) is 47.5 Å². The average molecular weight is 362 g/mol. The second-order valence-corrected chi connectivity index (χ2v) is 6.45. The largest absolute Gasteiger partial charge is 0.508 e. The lowest BCUT2D eigenvalue weighted by Gasteiger charge is -2.16. The van der Waals surface area contributed by atoms with E-state index in [9.17, 15) is 25.5 Å². The van der Waals surface area contributed by atoms with Gasteiger partial charge in [-0.25, -0.2) is 0 Å². The zero-order valence-electron chi connectivity index (χ0n) is 14.8. The van der Waals surface area contributed by atoms with Crippen molar-refractivity contribution in [2.45, 2.75) is 44.3 Å². The summed E-state index contributed by atoms with van der Waals surface area (Å²) in [6.07, 6.45) is 1.06. The molecule has 0 saturated carbocycles. The van der Waals surface area contributed by atoms with Gasteiger partial charge in [-0.1, -0.05) is 12.1 Å². The van der Waals surface area contributed by atoms with Crippen LogP contribution in [-0.2, 0) is 12.8 Å². The fourth-order valence-corrected chi connectivity index (χ4v) is 2.83. The number of phenols is 3. The first-order valence-corrected chi connectivity index (χ1v) is 8.62. The minimum absolute atomic E-state index is 0.184. The molecule has 0 aliphatic carbocycles. The molecule has 0 saturated heterocycles. The van der Waals surface area contributed by atoms with Crippen LogP contribution < -0.4 is 4.74 Å². The van der Waals surface area contributed by atoms with E-state index in [1.165, 1.54) is 13.2 Å². The summed E-state index contributed by atoms with van der Waals surface area (Å²) in [5.41, 5.74) is 1.75. The van der Waals surface area contributed by atoms with E-state index in [-0.39, 0.29) is 29.4 Å². The summed E-state index contributed by atoms with van der Waals surface area (Å²) in [5, 5.41) is 48.8. The number of aryl methyl sites for hydroxylation is 2. The number of aromatic hydroxyl groups is 3. The van der Waals surface area contributed by atoms with E-state index in [0.717, 1.165) is 11.1 Å². The van der Waals surface area contributed by atoms with Crippen molar-refractivity contribution >= 4 is 0 Å². The molecule has 0 aromatic heterocycles. The van der Waals surface area contributed by atoms with Gasteiger partial charge >= 0.3 is 0 Å². The predicted molar refractivity (Wildman–Crippen MR) is 97.7 cm³/mol. The zero-order chi connectivity index (χ0) is 19.1. The third-order valence-electron chi connectivity index (χ3n) is 4.35. The van der Waals surface area contributed by atoms with Gasteiger partial charge in [-0.15, -0.1) is 0 Å². The Kier molecular flexibility index (Phi) is 7.12. The highest BCUT2D eigenvalue weighted by Crippen LogP contribution is 2.36. The van der Waals surface area contributed by atoms with Crippen molar-refractivity contribution in [1.82, 2.24) is 0 Å². The first kappa shape index (κ1) is 19.9. The number of methoxy groups -OCH3 is 1. The molecule has 0 aliphatic rings. The Morgan fingerprint density at radius 2 is 1.42 bits per heavy atom. The standard InChI is InChI=1S/C20H26O6/c1-26-19-11-14(10-18(24)20(19)25)5-9-17(23)12-16(22)8-4-13-2-6-15(21)7-3-13/h2-3,6-7,10-11,16-17,21-25H,4-5,8-9,12H2,1H3/t16-,17+/m0/s1. The van der Waals surface area contributed by atoms with Gasteiger partial charge in [0, 0.05) is 0 Å². The van der Waals surface area contributed by atoms with E-state index in [4.69, 9.17) is 4.74 Å². The fraction of sp³-hybridized carbons (Fsp3) is 0.400. The van der Waals surface area contributed by atoms with Crippen LogP contribution in [0.3, 0.4) is 0 Å². The molecule has 2 aromatic carbocycles. The van der Waals surface area contributed by atoms with Crippen LogP contribution >= 0.6 is 0 Å². The van der Waals surface area contributed by atoms with Crippen LogP contribution in [0.2, 0.25) is 0 Å². The number of phenolic OH excluding ortho intramolecular Hbond substituents is 3. The monoisotopic (exact) mass is 362 g/mol. The van der Waals surface area contributed by atoms with E-state index in [1.54, 1.807) is 18.2 Å². The molecule has 0 bridgehead atoms. The third-order valence-corrected chi connectivity index (χ3v) is 4.35. The van der Waals surface area contributed by atoms with Gasteiger partial charge in [-0.3, -0.25) is 0 Å². The van der Waals surface area contributed by atoms with E-state index >= 15 is 0 Å². The van der Waals surface area contributed by atoms with Crippen molar-refractivity contribution in [2.24, 2.45) is 0 Å². The summed E-state index contributed by atoms with van der Waals surface area (Å²) in [6, 6.07) is 9.89. The molecule has 6 heteroatoms. The Morgan fingerprint density at radius 1 is 0.846 bits per heavy atom. The van der Waals surface area contributed by atoms with Crippen LogP contribution in [0.25, 0.3) is 0 Å².